The molecule has 0 unspecified atom stereocenters. The average molecular weight is 418 g/mol. The molecule has 0 spiro atoms. The topological polar surface area (TPSA) is 38.3 Å². The lowest BCUT2D eigenvalue weighted by Gasteiger charge is -2.14. The molecule has 0 radical (unpaired) electrons. The van der Waals surface area contributed by atoms with E-state index in [0.717, 1.165) is 5.56 Å². The van der Waals surface area contributed by atoms with Crippen molar-refractivity contribution in [2.45, 2.75) is 12.3 Å². The number of hydrogen-bond donors (Lipinski definition) is 1. The fraction of sp³-hybridized carbons (Fsp3) is 0.138. The van der Waals surface area contributed by atoms with E-state index in [1.165, 1.54) is 33.0 Å². The van der Waals surface area contributed by atoms with E-state index in [9.17, 15) is 4.79 Å². The molecule has 0 heterocycles. The summed E-state index contributed by atoms with van der Waals surface area (Å²) in [5.41, 5.74) is 5.84. The summed E-state index contributed by atoms with van der Waals surface area (Å²) in [5, 5.41) is 5.19. The Bertz CT molecular complexity index is 1300. The summed E-state index contributed by atoms with van der Waals surface area (Å²) >= 11 is 0. The first kappa shape index (κ1) is 19.9. The van der Waals surface area contributed by atoms with Crippen LogP contribution in [0.3, 0.4) is 0 Å². The van der Waals surface area contributed by atoms with Crippen molar-refractivity contribution in [2.75, 3.05) is 13.2 Å². The highest BCUT2D eigenvalue weighted by molar-refractivity contribution is 5.83. The molecule has 4 aromatic carbocycles. The normalized spacial score (nSPS) is 11.9. The molecule has 1 aliphatic carbocycles. The lowest BCUT2D eigenvalue weighted by atomic mass is 9.98. The van der Waals surface area contributed by atoms with Crippen LogP contribution in [0.5, 0.6) is 0 Å². The van der Waals surface area contributed by atoms with Crippen molar-refractivity contribution in [3.63, 3.8) is 0 Å². The number of rotatable bonds is 4. The van der Waals surface area contributed by atoms with Gasteiger partial charge in [0.15, 0.2) is 0 Å². The Labute approximate surface area is 188 Å². The predicted molar refractivity (Wildman–Crippen MR) is 129 cm³/mol. The number of ether oxygens (including phenoxy) is 1. The number of nitrogens with one attached hydrogen (secondary N) is 1. The van der Waals surface area contributed by atoms with Gasteiger partial charge in [0.25, 0.3) is 0 Å². The van der Waals surface area contributed by atoms with Crippen LogP contribution in [0.1, 0.15) is 29.0 Å². The summed E-state index contributed by atoms with van der Waals surface area (Å²) in [6.45, 7) is 0.778. The first-order valence-corrected chi connectivity index (χ1v) is 10.9. The molecule has 3 nitrogen and oxygen atoms in total. The molecule has 0 atom stereocenters. The first-order chi connectivity index (χ1) is 15.8. The largest absolute Gasteiger partial charge is 0.449 e. The van der Waals surface area contributed by atoms with Gasteiger partial charge in [-0.25, -0.2) is 4.79 Å². The molecule has 0 aliphatic heterocycles. The second kappa shape index (κ2) is 8.99. The summed E-state index contributed by atoms with van der Waals surface area (Å²) in [6, 6.07) is 31.1. The van der Waals surface area contributed by atoms with Crippen LogP contribution in [-0.2, 0) is 4.74 Å². The van der Waals surface area contributed by atoms with E-state index in [0.29, 0.717) is 19.6 Å². The van der Waals surface area contributed by atoms with Crippen LogP contribution < -0.4 is 5.32 Å². The second-order valence-electron chi connectivity index (χ2n) is 7.87. The van der Waals surface area contributed by atoms with Crippen molar-refractivity contribution in [1.82, 2.24) is 5.32 Å². The highest BCUT2D eigenvalue weighted by atomic mass is 16.5. The molecule has 1 N–H and O–H groups in total. The van der Waals surface area contributed by atoms with E-state index in [2.05, 4.69) is 65.7 Å². The second-order valence-corrected chi connectivity index (χ2v) is 7.87. The third kappa shape index (κ3) is 4.08. The van der Waals surface area contributed by atoms with Gasteiger partial charge in [0, 0.05) is 24.4 Å². The lowest BCUT2D eigenvalue weighted by Crippen LogP contribution is -2.26. The third-order valence-corrected chi connectivity index (χ3v) is 5.85. The van der Waals surface area contributed by atoms with Crippen molar-refractivity contribution < 1.29 is 9.53 Å². The lowest BCUT2D eigenvalue weighted by molar-refractivity contribution is 0.143. The fourth-order valence-electron chi connectivity index (χ4n) is 4.31. The summed E-state index contributed by atoms with van der Waals surface area (Å²) in [6.07, 6.45) is 0.163. The molecule has 5 rings (SSSR count). The summed E-state index contributed by atoms with van der Waals surface area (Å²) in [7, 11) is 0. The zero-order valence-corrected chi connectivity index (χ0v) is 17.7. The minimum absolute atomic E-state index is 0.0702. The van der Waals surface area contributed by atoms with Crippen molar-refractivity contribution in [3.05, 3.63) is 108 Å². The molecular weight excluding hydrogens is 394 g/mol. The molecule has 0 saturated carbocycles. The molecule has 1 amide bonds. The van der Waals surface area contributed by atoms with Crippen LogP contribution in [0.2, 0.25) is 0 Å². The Balaban J connectivity index is 1.13. The van der Waals surface area contributed by atoms with Gasteiger partial charge in [-0.3, -0.25) is 0 Å². The van der Waals surface area contributed by atoms with Gasteiger partial charge in [-0.05, 0) is 45.2 Å². The van der Waals surface area contributed by atoms with Crippen LogP contribution in [-0.4, -0.2) is 19.2 Å². The minimum Gasteiger partial charge on any atom is -0.449 e. The van der Waals surface area contributed by atoms with Gasteiger partial charge in [-0.2, -0.15) is 0 Å². The molecule has 0 saturated heterocycles. The molecule has 0 fully saturated rings. The number of fused-ring (bicyclic) bond motifs is 4. The highest BCUT2D eigenvalue weighted by Gasteiger charge is 2.28. The average Bonchev–Trinajstić information content (AvgIpc) is 3.16. The van der Waals surface area contributed by atoms with Gasteiger partial charge in [0.2, 0.25) is 0 Å². The Kier molecular flexibility index (Phi) is 5.59. The van der Waals surface area contributed by atoms with Crippen LogP contribution in [0.25, 0.3) is 21.9 Å². The maximum absolute atomic E-state index is 12.2. The molecule has 3 heteroatoms. The van der Waals surface area contributed by atoms with E-state index >= 15 is 0 Å². The number of amides is 1. The van der Waals surface area contributed by atoms with Crippen LogP contribution in [0.4, 0.5) is 4.79 Å². The van der Waals surface area contributed by atoms with Crippen molar-refractivity contribution >= 4 is 16.9 Å². The van der Waals surface area contributed by atoms with Gasteiger partial charge in [-0.1, -0.05) is 90.7 Å². The summed E-state index contributed by atoms with van der Waals surface area (Å²) < 4.78 is 5.55. The van der Waals surface area contributed by atoms with E-state index in [1.807, 2.05) is 42.5 Å². The zero-order valence-electron chi connectivity index (χ0n) is 17.7. The number of benzene rings is 4. The molecule has 32 heavy (non-hydrogen) atoms. The van der Waals surface area contributed by atoms with Crippen molar-refractivity contribution in [3.8, 4) is 23.0 Å². The van der Waals surface area contributed by atoms with Crippen molar-refractivity contribution in [1.29, 1.82) is 0 Å². The number of hydrogen-bond acceptors (Lipinski definition) is 2. The van der Waals surface area contributed by atoms with E-state index in [4.69, 9.17) is 4.74 Å². The first-order valence-electron chi connectivity index (χ1n) is 10.9. The maximum atomic E-state index is 12.2. The Hall–Kier alpha value is -4.03. The van der Waals surface area contributed by atoms with Crippen LogP contribution >= 0.6 is 0 Å². The van der Waals surface area contributed by atoms with Crippen LogP contribution in [0, 0.1) is 11.8 Å². The Morgan fingerprint density at radius 3 is 2.22 bits per heavy atom. The molecule has 0 aromatic heterocycles. The van der Waals surface area contributed by atoms with E-state index < -0.39 is 6.09 Å². The highest BCUT2D eigenvalue weighted by Crippen LogP contribution is 2.44. The fourth-order valence-corrected chi connectivity index (χ4v) is 4.31. The zero-order chi connectivity index (χ0) is 21.8. The maximum Gasteiger partial charge on any atom is 0.407 e. The Morgan fingerprint density at radius 1 is 0.812 bits per heavy atom. The minimum atomic E-state index is -0.403. The standard InChI is InChI=1S/C29H23NO2/c31-29(30-18-8-7-9-21-16-17-22-10-1-2-11-23(22)19-21)32-20-28-26-14-5-3-12-24(26)25-13-4-6-15-27(25)28/h1-6,10-17,19,28H,8,18,20H2,(H,30,31). The monoisotopic (exact) mass is 417 g/mol. The SMILES string of the molecule is O=C(NCCC#Cc1ccc2ccccc2c1)OCC1c2ccccc2-c2ccccc21. The molecule has 0 bridgehead atoms. The van der Waals surface area contributed by atoms with Gasteiger partial charge in [0.1, 0.15) is 6.61 Å². The third-order valence-electron chi connectivity index (χ3n) is 5.85. The van der Waals surface area contributed by atoms with E-state index in [1.54, 1.807) is 0 Å². The smallest absolute Gasteiger partial charge is 0.407 e. The van der Waals surface area contributed by atoms with Gasteiger partial charge >= 0.3 is 6.09 Å². The molecule has 1 aliphatic rings. The molecule has 156 valence electrons. The number of alkyl carbamates (subject to hydrolysis) is 1. The Morgan fingerprint density at radius 2 is 1.47 bits per heavy atom. The van der Waals surface area contributed by atoms with Gasteiger partial charge in [-0.15, -0.1) is 0 Å². The number of carbonyl (C=O) groups is 1. The number of carbonyl (C=O) groups excluding carboxylic acids is 1. The molecular formula is C29H23NO2. The molecule has 4 aromatic rings. The quantitative estimate of drug-likeness (QED) is 0.321. The van der Waals surface area contributed by atoms with E-state index in [-0.39, 0.29) is 5.92 Å². The van der Waals surface area contributed by atoms with Crippen molar-refractivity contribution in [2.24, 2.45) is 0 Å². The predicted octanol–water partition coefficient (Wildman–Crippen LogP) is 6.12. The summed E-state index contributed by atoms with van der Waals surface area (Å²) in [5.74, 6) is 6.36. The summed E-state index contributed by atoms with van der Waals surface area (Å²) in [4.78, 5) is 12.2. The van der Waals surface area contributed by atoms with Gasteiger partial charge < -0.3 is 10.1 Å². The van der Waals surface area contributed by atoms with Crippen LogP contribution in [0.15, 0.2) is 91.0 Å². The van der Waals surface area contributed by atoms with Gasteiger partial charge in [0.05, 0.1) is 0 Å².